The second kappa shape index (κ2) is 6.51. The molecular formula is C12H15F3N2O2. The van der Waals surface area contributed by atoms with Crippen molar-refractivity contribution in [3.8, 4) is 0 Å². The minimum absolute atomic E-state index is 0.0599. The molecule has 0 saturated carbocycles. The maximum Gasteiger partial charge on any atom is 0.471 e. The van der Waals surface area contributed by atoms with Crippen molar-refractivity contribution in [3.63, 3.8) is 0 Å². The predicted molar refractivity (Wildman–Crippen MR) is 62.1 cm³/mol. The second-order valence-corrected chi connectivity index (χ2v) is 4.17. The molecule has 1 rings (SSSR count). The van der Waals surface area contributed by atoms with Crippen LogP contribution in [-0.4, -0.2) is 40.7 Å². The molecule has 19 heavy (non-hydrogen) atoms. The molecule has 7 heteroatoms. The number of alkyl halides is 3. The van der Waals surface area contributed by atoms with E-state index >= 15 is 0 Å². The van der Waals surface area contributed by atoms with Crippen molar-refractivity contribution in [1.29, 1.82) is 0 Å². The fraction of sp³-hybridized carbons (Fsp3) is 0.500. The van der Waals surface area contributed by atoms with Crippen LogP contribution in [0.15, 0.2) is 24.5 Å². The zero-order chi connectivity index (χ0) is 14.5. The number of hydrogen-bond donors (Lipinski definition) is 1. The highest BCUT2D eigenvalue weighted by atomic mass is 19.4. The molecule has 1 N–H and O–H groups in total. The summed E-state index contributed by atoms with van der Waals surface area (Å²) in [6.07, 6.45) is -2.05. The largest absolute Gasteiger partial charge is 0.471 e. The smallest absolute Gasteiger partial charge is 0.388 e. The third kappa shape index (κ3) is 4.86. The number of aliphatic hydroxyl groups excluding tert-OH is 1. The summed E-state index contributed by atoms with van der Waals surface area (Å²) in [5.74, 6) is -1.87. The van der Waals surface area contributed by atoms with Gasteiger partial charge >= 0.3 is 12.1 Å². The highest BCUT2D eigenvalue weighted by Gasteiger charge is 2.40. The van der Waals surface area contributed by atoms with Gasteiger partial charge in [0.25, 0.3) is 0 Å². The number of carbonyl (C=O) groups excluding carboxylic acids is 1. The normalized spacial score (nSPS) is 13.1. The third-order valence-corrected chi connectivity index (χ3v) is 2.63. The van der Waals surface area contributed by atoms with Crippen LogP contribution in [-0.2, 0) is 4.79 Å². The van der Waals surface area contributed by atoms with Gasteiger partial charge in [0.05, 0.1) is 6.10 Å². The molecule has 0 fully saturated rings. The van der Waals surface area contributed by atoms with E-state index in [1.165, 1.54) is 6.20 Å². The van der Waals surface area contributed by atoms with Gasteiger partial charge in [-0.25, -0.2) is 0 Å². The summed E-state index contributed by atoms with van der Waals surface area (Å²) in [4.78, 5) is 15.3. The Morgan fingerprint density at radius 1 is 1.53 bits per heavy atom. The predicted octanol–water partition coefficient (Wildman–Crippen LogP) is 1.92. The number of nitrogens with zero attached hydrogens (tertiary/aromatic N) is 2. The van der Waals surface area contributed by atoms with Crippen molar-refractivity contribution < 1.29 is 23.1 Å². The topological polar surface area (TPSA) is 53.4 Å². The number of aliphatic hydroxyl groups is 1. The molecular weight excluding hydrogens is 261 g/mol. The molecule has 1 heterocycles. The monoisotopic (exact) mass is 276 g/mol. The summed E-state index contributed by atoms with van der Waals surface area (Å²) in [6.45, 7) is -0.0599. The van der Waals surface area contributed by atoms with Gasteiger partial charge in [-0.2, -0.15) is 13.2 Å². The van der Waals surface area contributed by atoms with Crippen LogP contribution in [0.1, 0.15) is 24.5 Å². The highest BCUT2D eigenvalue weighted by molar-refractivity contribution is 5.81. The van der Waals surface area contributed by atoms with Crippen LogP contribution in [0, 0.1) is 0 Å². The van der Waals surface area contributed by atoms with Crippen LogP contribution >= 0.6 is 0 Å². The number of rotatable bonds is 5. The van der Waals surface area contributed by atoms with E-state index in [1.54, 1.807) is 18.3 Å². The number of hydrogen-bond acceptors (Lipinski definition) is 3. The molecule has 0 spiro atoms. The van der Waals surface area contributed by atoms with Gasteiger partial charge in [0, 0.05) is 26.0 Å². The molecule has 0 aliphatic rings. The van der Waals surface area contributed by atoms with E-state index in [2.05, 4.69) is 4.98 Å². The Morgan fingerprint density at radius 2 is 2.21 bits per heavy atom. The van der Waals surface area contributed by atoms with Gasteiger partial charge in [-0.1, -0.05) is 6.07 Å². The Morgan fingerprint density at radius 3 is 2.74 bits per heavy atom. The van der Waals surface area contributed by atoms with Gasteiger partial charge in [-0.15, -0.1) is 0 Å². The van der Waals surface area contributed by atoms with E-state index in [0.717, 1.165) is 7.05 Å². The van der Waals surface area contributed by atoms with Crippen LogP contribution in [0.2, 0.25) is 0 Å². The molecule has 1 amide bonds. The van der Waals surface area contributed by atoms with E-state index in [-0.39, 0.29) is 19.4 Å². The molecule has 106 valence electrons. The molecule has 0 aliphatic heterocycles. The average molecular weight is 276 g/mol. The zero-order valence-electron chi connectivity index (χ0n) is 10.4. The Hall–Kier alpha value is -1.63. The molecule has 1 aromatic heterocycles. The van der Waals surface area contributed by atoms with E-state index in [9.17, 15) is 23.1 Å². The molecule has 4 nitrogen and oxygen atoms in total. The fourth-order valence-corrected chi connectivity index (χ4v) is 1.58. The van der Waals surface area contributed by atoms with Crippen molar-refractivity contribution in [1.82, 2.24) is 9.88 Å². The quantitative estimate of drug-likeness (QED) is 0.894. The lowest BCUT2D eigenvalue weighted by molar-refractivity contribution is -0.184. The van der Waals surface area contributed by atoms with Crippen molar-refractivity contribution in [3.05, 3.63) is 30.1 Å². The molecule has 0 radical (unpaired) electrons. The molecule has 0 aromatic carbocycles. The van der Waals surface area contributed by atoms with E-state index in [1.807, 2.05) is 0 Å². The highest BCUT2D eigenvalue weighted by Crippen LogP contribution is 2.20. The number of amides is 1. The minimum Gasteiger partial charge on any atom is -0.388 e. The molecule has 0 aliphatic carbocycles. The lowest BCUT2D eigenvalue weighted by atomic mass is 10.1. The summed E-state index contributed by atoms with van der Waals surface area (Å²) in [5, 5.41) is 9.77. The minimum atomic E-state index is -4.85. The van der Waals surface area contributed by atoms with Crippen molar-refractivity contribution in [2.75, 3.05) is 13.6 Å². The van der Waals surface area contributed by atoms with Crippen LogP contribution in [0.25, 0.3) is 0 Å². The van der Waals surface area contributed by atoms with Gasteiger partial charge in [0.15, 0.2) is 0 Å². The maximum atomic E-state index is 12.1. The standard InChI is InChI=1S/C12H15F3N2O2/c1-17(11(19)12(13,14)15)7-3-5-10(18)9-4-2-6-16-8-9/h2,4,6,8,10,18H,3,5,7H2,1H3/t10-/m1/s1. The van der Waals surface area contributed by atoms with Gasteiger partial charge < -0.3 is 10.0 Å². The Kier molecular flexibility index (Phi) is 5.29. The van der Waals surface area contributed by atoms with E-state index in [0.29, 0.717) is 10.5 Å². The first kappa shape index (κ1) is 15.4. The van der Waals surface area contributed by atoms with Gasteiger partial charge in [-0.3, -0.25) is 9.78 Å². The third-order valence-electron chi connectivity index (χ3n) is 2.63. The van der Waals surface area contributed by atoms with Crippen molar-refractivity contribution in [2.45, 2.75) is 25.1 Å². The van der Waals surface area contributed by atoms with E-state index in [4.69, 9.17) is 0 Å². The van der Waals surface area contributed by atoms with Crippen molar-refractivity contribution >= 4 is 5.91 Å². The lowest BCUT2D eigenvalue weighted by Gasteiger charge is -2.19. The first-order valence-corrected chi connectivity index (χ1v) is 5.72. The first-order chi connectivity index (χ1) is 8.82. The van der Waals surface area contributed by atoms with Crippen LogP contribution in [0.4, 0.5) is 13.2 Å². The van der Waals surface area contributed by atoms with Crippen molar-refractivity contribution in [2.24, 2.45) is 0 Å². The Labute approximate surface area is 108 Å². The summed E-state index contributed by atoms with van der Waals surface area (Å²) in [6, 6.07) is 3.35. The zero-order valence-corrected chi connectivity index (χ0v) is 10.4. The molecule has 1 atom stereocenters. The van der Waals surface area contributed by atoms with Gasteiger partial charge in [-0.05, 0) is 24.5 Å². The summed E-state index contributed by atoms with van der Waals surface area (Å²) >= 11 is 0. The Balaban J connectivity index is 2.37. The lowest BCUT2D eigenvalue weighted by Crippen LogP contribution is -2.39. The molecule has 0 unspecified atom stereocenters. The molecule has 1 aromatic rings. The molecule has 0 saturated heterocycles. The number of halogens is 3. The van der Waals surface area contributed by atoms with Gasteiger partial charge in [0.1, 0.15) is 0 Å². The van der Waals surface area contributed by atoms with Crippen LogP contribution in [0.3, 0.4) is 0 Å². The Bertz CT molecular complexity index is 409. The SMILES string of the molecule is CN(CCC[C@@H](O)c1cccnc1)C(=O)C(F)(F)F. The number of pyridine rings is 1. The number of aromatic nitrogens is 1. The number of carbonyl (C=O) groups is 1. The summed E-state index contributed by atoms with van der Waals surface area (Å²) < 4.78 is 36.3. The van der Waals surface area contributed by atoms with Crippen LogP contribution < -0.4 is 0 Å². The van der Waals surface area contributed by atoms with Crippen LogP contribution in [0.5, 0.6) is 0 Å². The fourth-order valence-electron chi connectivity index (χ4n) is 1.58. The summed E-state index contributed by atoms with van der Waals surface area (Å²) in [7, 11) is 1.09. The first-order valence-electron chi connectivity index (χ1n) is 5.72. The molecule has 0 bridgehead atoms. The second-order valence-electron chi connectivity index (χ2n) is 4.17. The van der Waals surface area contributed by atoms with Gasteiger partial charge in [0.2, 0.25) is 0 Å². The summed E-state index contributed by atoms with van der Waals surface area (Å²) in [5.41, 5.74) is 0.604. The van der Waals surface area contributed by atoms with E-state index < -0.39 is 18.2 Å². The maximum absolute atomic E-state index is 12.1. The average Bonchev–Trinajstić information content (AvgIpc) is 2.37.